The van der Waals surface area contributed by atoms with Crippen molar-refractivity contribution in [2.75, 3.05) is 18.1 Å². The van der Waals surface area contributed by atoms with Crippen LogP contribution in [0.3, 0.4) is 0 Å². The Bertz CT molecular complexity index is 1430. The smallest absolute Gasteiger partial charge is 0.217 e. The number of aliphatic hydroxyl groups is 1. The minimum atomic E-state index is -1.65. The van der Waals surface area contributed by atoms with Crippen LogP contribution in [-0.2, 0) is 50.1 Å². The van der Waals surface area contributed by atoms with E-state index in [0.29, 0.717) is 26.4 Å². The fraction of sp³-hybridized carbons (Fsp3) is 0.368. The fourth-order valence-corrected chi connectivity index (χ4v) is 8.85. The molecular formula is C38H42O6S2. The average Bonchev–Trinajstić information content (AvgIpc) is 3.12. The van der Waals surface area contributed by atoms with Gasteiger partial charge in [-0.3, -0.25) is 0 Å². The van der Waals surface area contributed by atoms with Crippen molar-refractivity contribution in [2.45, 2.75) is 67.6 Å². The van der Waals surface area contributed by atoms with Gasteiger partial charge in [-0.2, -0.15) is 0 Å². The molecule has 0 unspecified atom stereocenters. The van der Waals surface area contributed by atoms with Crippen molar-refractivity contribution in [2.24, 2.45) is 0 Å². The Hall–Kier alpha value is -2.66. The highest BCUT2D eigenvalue weighted by molar-refractivity contribution is 8.17. The normalized spacial score (nSPS) is 25.3. The van der Waals surface area contributed by atoms with Crippen LogP contribution in [-0.4, -0.2) is 58.0 Å². The first-order valence-corrected chi connectivity index (χ1v) is 18.0. The number of benzene rings is 4. The van der Waals surface area contributed by atoms with Crippen LogP contribution in [0, 0.1) is 0 Å². The summed E-state index contributed by atoms with van der Waals surface area (Å²) in [4.78, 5) is 0. The summed E-state index contributed by atoms with van der Waals surface area (Å²) in [7, 11) is 0. The second-order valence-electron chi connectivity index (χ2n) is 11.6. The fourth-order valence-electron chi connectivity index (χ4n) is 5.80. The van der Waals surface area contributed by atoms with Gasteiger partial charge in [-0.15, -0.1) is 23.5 Å². The van der Waals surface area contributed by atoms with Crippen LogP contribution in [0.25, 0.3) is 0 Å². The molecule has 6 nitrogen and oxygen atoms in total. The first-order chi connectivity index (χ1) is 22.7. The second kappa shape index (κ2) is 16.9. The molecule has 0 aromatic heterocycles. The zero-order chi connectivity index (χ0) is 31.4. The van der Waals surface area contributed by atoms with Crippen molar-refractivity contribution in [1.29, 1.82) is 0 Å². The SMILES string of the molecule is O[C@@]1(C2SCCCS2)O[C@H](COCc2ccccc2)[C@@H](OCc2ccccc2)[C@H](OCc2ccccc2)[C@H]1OCc1ccccc1. The van der Waals surface area contributed by atoms with Gasteiger partial charge in [-0.1, -0.05) is 121 Å². The predicted molar refractivity (Wildman–Crippen MR) is 184 cm³/mol. The summed E-state index contributed by atoms with van der Waals surface area (Å²) in [6, 6.07) is 40.2. The zero-order valence-corrected chi connectivity index (χ0v) is 27.5. The Kier molecular flexibility index (Phi) is 12.3. The molecule has 2 aliphatic heterocycles. The molecule has 4 aromatic carbocycles. The van der Waals surface area contributed by atoms with E-state index < -0.39 is 30.2 Å². The van der Waals surface area contributed by atoms with Crippen molar-refractivity contribution in [1.82, 2.24) is 0 Å². The standard InChI is InChI=1S/C38H42O6S2/c39-38(37-45-22-13-23-46-37)36(43-27-32-20-11-4-12-21-32)35(42-26-31-18-9-3-10-19-31)34(41-25-30-16-7-2-8-17-30)33(44-38)28-40-24-29-14-5-1-6-15-29/h1-12,14-21,33-37,39H,13,22-28H2/t33-,34-,35+,36-,38-/m1/s1. The maximum absolute atomic E-state index is 12.7. The van der Waals surface area contributed by atoms with Gasteiger partial charge >= 0.3 is 0 Å². The quantitative estimate of drug-likeness (QED) is 0.152. The van der Waals surface area contributed by atoms with Gasteiger partial charge in [0.1, 0.15) is 29.0 Å². The topological polar surface area (TPSA) is 66.4 Å². The Morgan fingerprint density at radius 1 is 0.587 bits per heavy atom. The van der Waals surface area contributed by atoms with Gasteiger partial charge in [0.2, 0.25) is 5.79 Å². The van der Waals surface area contributed by atoms with Crippen LogP contribution >= 0.6 is 23.5 Å². The summed E-state index contributed by atoms with van der Waals surface area (Å²) < 4.78 is 33.0. The van der Waals surface area contributed by atoms with Crippen molar-refractivity contribution in [3.8, 4) is 0 Å². The number of ether oxygens (including phenoxy) is 5. The molecule has 8 heteroatoms. The lowest BCUT2D eigenvalue weighted by molar-refractivity contribution is -0.364. The third-order valence-electron chi connectivity index (χ3n) is 8.14. The van der Waals surface area contributed by atoms with E-state index in [0.717, 1.165) is 40.2 Å². The van der Waals surface area contributed by atoms with Crippen LogP contribution in [0.15, 0.2) is 121 Å². The number of rotatable bonds is 14. The Balaban J connectivity index is 1.33. The van der Waals surface area contributed by atoms with E-state index in [1.165, 1.54) is 0 Å². The summed E-state index contributed by atoms with van der Waals surface area (Å²) in [5.74, 6) is 0.222. The highest BCUT2D eigenvalue weighted by Crippen LogP contribution is 2.47. The monoisotopic (exact) mass is 658 g/mol. The molecule has 0 spiro atoms. The van der Waals surface area contributed by atoms with E-state index in [9.17, 15) is 5.11 Å². The minimum absolute atomic E-state index is 0.218. The molecule has 6 rings (SSSR count). The van der Waals surface area contributed by atoms with Crippen LogP contribution in [0.2, 0.25) is 0 Å². The van der Waals surface area contributed by atoms with Crippen molar-refractivity contribution in [3.63, 3.8) is 0 Å². The van der Waals surface area contributed by atoms with E-state index in [2.05, 4.69) is 0 Å². The summed E-state index contributed by atoms with van der Waals surface area (Å²) in [5.41, 5.74) is 4.13. The van der Waals surface area contributed by atoms with Crippen LogP contribution in [0.1, 0.15) is 28.7 Å². The van der Waals surface area contributed by atoms with Gasteiger partial charge in [0.25, 0.3) is 0 Å². The van der Waals surface area contributed by atoms with E-state index in [4.69, 9.17) is 23.7 Å². The lowest BCUT2D eigenvalue weighted by Crippen LogP contribution is -2.70. The molecule has 2 heterocycles. The van der Waals surface area contributed by atoms with Crippen molar-refractivity contribution in [3.05, 3.63) is 144 Å². The summed E-state index contributed by atoms with van der Waals surface area (Å²) in [6.45, 7) is 1.62. The average molecular weight is 659 g/mol. The molecule has 2 aliphatic rings. The highest BCUT2D eigenvalue weighted by Gasteiger charge is 2.60. The molecular weight excluding hydrogens is 617 g/mol. The third kappa shape index (κ3) is 8.82. The van der Waals surface area contributed by atoms with Gasteiger partial charge in [0.05, 0.1) is 33.0 Å². The van der Waals surface area contributed by atoms with Crippen molar-refractivity contribution < 1.29 is 28.8 Å². The molecule has 0 saturated carbocycles. The predicted octanol–water partition coefficient (Wildman–Crippen LogP) is 7.24. The number of hydrogen-bond acceptors (Lipinski definition) is 8. The molecule has 0 bridgehead atoms. The lowest BCUT2D eigenvalue weighted by Gasteiger charge is -2.53. The molecule has 1 N–H and O–H groups in total. The first kappa shape index (κ1) is 33.2. The Morgan fingerprint density at radius 3 is 1.52 bits per heavy atom. The van der Waals surface area contributed by atoms with Gasteiger partial charge in [-0.05, 0) is 40.2 Å². The van der Waals surface area contributed by atoms with E-state index in [-0.39, 0.29) is 11.2 Å². The molecule has 4 aromatic rings. The molecule has 0 radical (unpaired) electrons. The van der Waals surface area contributed by atoms with Gasteiger partial charge in [-0.25, -0.2) is 0 Å². The minimum Gasteiger partial charge on any atom is -0.374 e. The van der Waals surface area contributed by atoms with E-state index in [1.807, 2.05) is 121 Å². The van der Waals surface area contributed by atoms with Crippen LogP contribution in [0.5, 0.6) is 0 Å². The molecule has 242 valence electrons. The largest absolute Gasteiger partial charge is 0.374 e. The summed E-state index contributed by atoms with van der Waals surface area (Å²) in [6.07, 6.45) is -1.60. The van der Waals surface area contributed by atoms with Crippen molar-refractivity contribution >= 4 is 23.5 Å². The molecule has 2 fully saturated rings. The van der Waals surface area contributed by atoms with E-state index in [1.54, 1.807) is 23.5 Å². The first-order valence-electron chi connectivity index (χ1n) is 15.9. The maximum atomic E-state index is 12.7. The zero-order valence-electron chi connectivity index (χ0n) is 25.9. The maximum Gasteiger partial charge on any atom is 0.217 e. The van der Waals surface area contributed by atoms with Crippen LogP contribution in [0.4, 0.5) is 0 Å². The van der Waals surface area contributed by atoms with Gasteiger partial charge in [0, 0.05) is 0 Å². The Morgan fingerprint density at radius 2 is 1.02 bits per heavy atom. The molecule has 2 saturated heterocycles. The summed E-state index contributed by atoms with van der Waals surface area (Å²) in [5, 5.41) is 12.7. The number of thioether (sulfide) groups is 2. The molecule has 5 atom stereocenters. The van der Waals surface area contributed by atoms with Gasteiger partial charge in [0.15, 0.2) is 0 Å². The van der Waals surface area contributed by atoms with E-state index >= 15 is 0 Å². The molecule has 0 amide bonds. The van der Waals surface area contributed by atoms with Crippen LogP contribution < -0.4 is 0 Å². The third-order valence-corrected chi connectivity index (χ3v) is 11.3. The Labute approximate surface area is 280 Å². The molecule has 0 aliphatic carbocycles. The molecule has 46 heavy (non-hydrogen) atoms. The summed E-state index contributed by atoms with van der Waals surface area (Å²) >= 11 is 3.43. The second-order valence-corrected chi connectivity index (χ2v) is 14.3. The highest BCUT2D eigenvalue weighted by atomic mass is 32.2. The van der Waals surface area contributed by atoms with Gasteiger partial charge < -0.3 is 28.8 Å². The number of hydrogen-bond donors (Lipinski definition) is 1. The lowest BCUT2D eigenvalue weighted by atomic mass is 9.92.